The Balaban J connectivity index is 1.36. The first kappa shape index (κ1) is 30.1. The summed E-state index contributed by atoms with van der Waals surface area (Å²) in [5.41, 5.74) is 2.22. The van der Waals surface area contributed by atoms with Gasteiger partial charge in [0.25, 0.3) is 0 Å². The van der Waals surface area contributed by atoms with E-state index in [-0.39, 0.29) is 49.9 Å². The third-order valence-corrected chi connectivity index (χ3v) is 10.3. The Morgan fingerprint density at radius 1 is 1.10 bits per heavy atom. The van der Waals surface area contributed by atoms with Gasteiger partial charge in [0, 0.05) is 19.1 Å². The lowest BCUT2D eigenvalue weighted by Crippen LogP contribution is -2.47. The average molecular weight is 590 g/mol. The largest absolute Gasteiger partial charge is 0.459 e. The molecule has 0 amide bonds. The first-order valence-corrected chi connectivity index (χ1v) is 15.6. The molecule has 3 aliphatic heterocycles. The van der Waals surface area contributed by atoms with Crippen LogP contribution in [0.25, 0.3) is 0 Å². The number of benzene rings is 2. The number of aryl methyl sites for hydroxylation is 1. The van der Waals surface area contributed by atoms with Gasteiger partial charge in [-0.3, -0.25) is 4.79 Å². The van der Waals surface area contributed by atoms with Crippen LogP contribution < -0.4 is 0 Å². The smallest absolute Gasteiger partial charge is 0.306 e. The highest BCUT2D eigenvalue weighted by molar-refractivity contribution is 7.89. The molecule has 2 N–H and O–H groups in total. The molecule has 224 valence electrons. The summed E-state index contributed by atoms with van der Waals surface area (Å²) in [6.45, 7) is 2.76. The van der Waals surface area contributed by atoms with Gasteiger partial charge in [0.15, 0.2) is 6.29 Å². The molecular weight excluding hydrogens is 550 g/mol. The Morgan fingerprint density at radius 2 is 1.90 bits per heavy atom. The topological polar surface area (TPSA) is 132 Å². The number of rotatable bonds is 12. The molecule has 0 spiro atoms. The van der Waals surface area contributed by atoms with Gasteiger partial charge < -0.3 is 29.2 Å². The summed E-state index contributed by atoms with van der Waals surface area (Å²) in [5.74, 6) is -1.07. The summed E-state index contributed by atoms with van der Waals surface area (Å²) < 4.78 is 51.6. The Kier molecular flexibility index (Phi) is 9.75. The standard InChI is InChI=1S/C30H39NO9S/c1-20-7-8-25(14-23(20)17-32)41(35,36)31(24-9-11-37-18-24)16-27(33)22(13-21-5-3-2-4-6-21)15-29(34)40-28-19-39-30-26(28)10-12-38-30/h2-8,14,22,24,26-28,30,32-33H,9-13,15-19H2,1H3/t22-,24?,26?,27-,28?,30-/m1/s1. The van der Waals surface area contributed by atoms with Crippen LogP contribution in [0.3, 0.4) is 0 Å². The molecule has 3 heterocycles. The van der Waals surface area contributed by atoms with Gasteiger partial charge in [-0.1, -0.05) is 36.4 Å². The lowest BCUT2D eigenvalue weighted by atomic mass is 9.90. The number of esters is 1. The highest BCUT2D eigenvalue weighted by Gasteiger charge is 2.44. The molecule has 3 fully saturated rings. The normalized spacial score (nSPS) is 25.8. The predicted octanol–water partition coefficient (Wildman–Crippen LogP) is 2.18. The Morgan fingerprint density at radius 3 is 2.63 bits per heavy atom. The van der Waals surface area contributed by atoms with Gasteiger partial charge in [-0.25, -0.2) is 8.42 Å². The highest BCUT2D eigenvalue weighted by Crippen LogP contribution is 2.34. The van der Waals surface area contributed by atoms with Crippen molar-refractivity contribution in [1.82, 2.24) is 4.31 Å². The van der Waals surface area contributed by atoms with Crippen LogP contribution in [0.2, 0.25) is 0 Å². The number of carbonyl (C=O) groups is 1. The van der Waals surface area contributed by atoms with Gasteiger partial charge >= 0.3 is 5.97 Å². The number of sulfonamides is 1. The van der Waals surface area contributed by atoms with Gasteiger partial charge in [0.1, 0.15) is 6.10 Å². The lowest BCUT2D eigenvalue weighted by molar-refractivity contribution is -0.153. The molecule has 6 atom stereocenters. The van der Waals surface area contributed by atoms with Crippen LogP contribution >= 0.6 is 0 Å². The maximum absolute atomic E-state index is 13.9. The van der Waals surface area contributed by atoms with Crippen molar-refractivity contribution in [2.45, 2.75) is 68.6 Å². The Hall–Kier alpha value is -2.38. The number of aliphatic hydroxyl groups excluding tert-OH is 2. The molecule has 3 unspecified atom stereocenters. The second kappa shape index (κ2) is 13.3. The van der Waals surface area contributed by atoms with Crippen molar-refractivity contribution < 1.29 is 42.4 Å². The van der Waals surface area contributed by atoms with E-state index in [2.05, 4.69) is 0 Å². The van der Waals surface area contributed by atoms with Crippen LogP contribution in [0.1, 0.15) is 36.0 Å². The van der Waals surface area contributed by atoms with E-state index in [9.17, 15) is 23.4 Å². The van der Waals surface area contributed by atoms with Crippen LogP contribution in [0, 0.1) is 18.8 Å². The van der Waals surface area contributed by atoms with Crippen molar-refractivity contribution in [3.63, 3.8) is 0 Å². The SMILES string of the molecule is Cc1ccc(S(=O)(=O)N(C[C@@H](O)[C@@H](CC(=O)OC2CO[C@H]3OCCC23)Cc2ccccc2)C2CCOC2)cc1CO. The fourth-order valence-corrected chi connectivity index (χ4v) is 7.59. The third kappa shape index (κ3) is 6.99. The minimum atomic E-state index is -4.06. The van der Waals surface area contributed by atoms with E-state index in [0.29, 0.717) is 31.6 Å². The van der Waals surface area contributed by atoms with Crippen LogP contribution in [0.5, 0.6) is 0 Å². The van der Waals surface area contributed by atoms with Crippen molar-refractivity contribution in [1.29, 1.82) is 0 Å². The summed E-state index contributed by atoms with van der Waals surface area (Å²) in [7, 11) is -4.06. The van der Waals surface area contributed by atoms with Crippen LogP contribution in [-0.4, -0.2) is 86.4 Å². The van der Waals surface area contributed by atoms with E-state index >= 15 is 0 Å². The number of hydrogen-bond donors (Lipinski definition) is 2. The molecule has 41 heavy (non-hydrogen) atoms. The minimum absolute atomic E-state index is 0.00207. The van der Waals surface area contributed by atoms with E-state index < -0.39 is 40.2 Å². The molecule has 10 nitrogen and oxygen atoms in total. The Labute approximate surface area is 241 Å². The van der Waals surface area contributed by atoms with Gasteiger partial charge in [-0.2, -0.15) is 4.31 Å². The van der Waals surface area contributed by atoms with Crippen molar-refractivity contribution in [2.75, 3.05) is 33.0 Å². The van der Waals surface area contributed by atoms with Crippen molar-refractivity contribution in [3.8, 4) is 0 Å². The zero-order valence-electron chi connectivity index (χ0n) is 23.3. The van der Waals surface area contributed by atoms with E-state index in [1.807, 2.05) is 30.3 Å². The Bertz CT molecular complexity index is 1280. The molecule has 0 saturated carbocycles. The summed E-state index contributed by atoms with van der Waals surface area (Å²) in [6.07, 6.45) is -0.392. The van der Waals surface area contributed by atoms with Gasteiger partial charge in [-0.15, -0.1) is 0 Å². The highest BCUT2D eigenvalue weighted by atomic mass is 32.2. The summed E-state index contributed by atoms with van der Waals surface area (Å²) in [6, 6.07) is 13.7. The monoisotopic (exact) mass is 589 g/mol. The molecule has 0 aliphatic carbocycles. The van der Waals surface area contributed by atoms with Crippen molar-refractivity contribution in [2.24, 2.45) is 11.8 Å². The molecule has 2 aromatic carbocycles. The van der Waals surface area contributed by atoms with E-state index in [4.69, 9.17) is 18.9 Å². The molecule has 2 aromatic rings. The number of nitrogens with zero attached hydrogens (tertiary/aromatic N) is 1. The first-order chi connectivity index (χ1) is 19.8. The zero-order chi connectivity index (χ0) is 29.0. The van der Waals surface area contributed by atoms with Crippen LogP contribution in [-0.2, 0) is 46.8 Å². The van der Waals surface area contributed by atoms with E-state index in [1.165, 1.54) is 16.4 Å². The second-order valence-electron chi connectivity index (χ2n) is 11.1. The van der Waals surface area contributed by atoms with Gasteiger partial charge in [0.2, 0.25) is 10.0 Å². The minimum Gasteiger partial charge on any atom is -0.459 e. The summed E-state index contributed by atoms with van der Waals surface area (Å²) >= 11 is 0. The molecule has 11 heteroatoms. The predicted molar refractivity (Wildman–Crippen MR) is 148 cm³/mol. The zero-order valence-corrected chi connectivity index (χ0v) is 24.1. The average Bonchev–Trinajstić information content (AvgIpc) is 3.73. The lowest BCUT2D eigenvalue weighted by Gasteiger charge is -2.32. The molecule has 3 saturated heterocycles. The molecule has 0 radical (unpaired) electrons. The van der Waals surface area contributed by atoms with Crippen LogP contribution in [0.4, 0.5) is 0 Å². The number of hydrogen-bond acceptors (Lipinski definition) is 9. The number of aliphatic hydroxyl groups is 2. The first-order valence-electron chi connectivity index (χ1n) is 14.2. The van der Waals surface area contributed by atoms with Crippen molar-refractivity contribution in [3.05, 3.63) is 65.2 Å². The van der Waals surface area contributed by atoms with E-state index in [1.54, 1.807) is 13.0 Å². The third-order valence-electron chi connectivity index (χ3n) is 8.36. The number of carbonyl (C=O) groups excluding carboxylic acids is 1. The molecule has 3 aliphatic rings. The summed E-state index contributed by atoms with van der Waals surface area (Å²) in [5, 5.41) is 21.3. The maximum Gasteiger partial charge on any atom is 0.306 e. The van der Waals surface area contributed by atoms with Crippen LogP contribution in [0.15, 0.2) is 53.4 Å². The quantitative estimate of drug-likeness (QED) is 0.358. The fraction of sp³-hybridized carbons (Fsp3) is 0.567. The molecule has 0 bridgehead atoms. The maximum atomic E-state index is 13.9. The molecule has 0 aromatic heterocycles. The molecule has 5 rings (SSSR count). The molecular formula is C30H39NO9S. The van der Waals surface area contributed by atoms with Crippen molar-refractivity contribution >= 4 is 16.0 Å². The fourth-order valence-electron chi connectivity index (χ4n) is 5.88. The summed E-state index contributed by atoms with van der Waals surface area (Å²) in [4.78, 5) is 13.2. The van der Waals surface area contributed by atoms with Gasteiger partial charge in [-0.05, 0) is 55.0 Å². The second-order valence-corrected chi connectivity index (χ2v) is 13.0. The van der Waals surface area contributed by atoms with Gasteiger partial charge in [0.05, 0.1) is 55.8 Å². The van der Waals surface area contributed by atoms with E-state index in [0.717, 1.165) is 17.5 Å². The number of fused-ring (bicyclic) bond motifs is 1. The number of ether oxygens (including phenoxy) is 4.